The smallest absolute Gasteiger partial charge is 0.328 e. The minimum Gasteiger partial charge on any atom is -0.467 e. The molecule has 2 aromatic carbocycles. The zero-order chi connectivity index (χ0) is 25.8. The van der Waals surface area contributed by atoms with Crippen LogP contribution in [0.4, 0.5) is 0 Å². The second-order valence-corrected chi connectivity index (χ2v) is 8.95. The lowest BCUT2D eigenvalue weighted by molar-refractivity contribution is -0.150. The molecule has 0 aliphatic heterocycles. The van der Waals surface area contributed by atoms with Crippen LogP contribution in [0.1, 0.15) is 44.2 Å². The molecule has 0 saturated heterocycles. The summed E-state index contributed by atoms with van der Waals surface area (Å²) in [4.78, 5) is 38.4. The van der Waals surface area contributed by atoms with E-state index in [2.05, 4.69) is 5.32 Å². The van der Waals surface area contributed by atoms with Gasteiger partial charge in [-0.1, -0.05) is 74.5 Å². The van der Waals surface area contributed by atoms with Crippen molar-refractivity contribution in [1.82, 2.24) is 10.3 Å². The van der Waals surface area contributed by atoms with E-state index in [0.29, 0.717) is 6.42 Å². The van der Waals surface area contributed by atoms with Crippen molar-refractivity contribution in [2.45, 2.75) is 64.1 Å². The van der Waals surface area contributed by atoms with E-state index in [1.807, 2.05) is 60.7 Å². The molecule has 3 atom stereocenters. The lowest BCUT2D eigenvalue weighted by Crippen LogP contribution is -2.61. The summed E-state index contributed by atoms with van der Waals surface area (Å²) in [6, 6.07) is 16.8. The molecule has 0 unspecified atom stereocenters. The molecule has 0 heterocycles. The maximum Gasteiger partial charge on any atom is 0.328 e. The number of hydrogen-bond donors (Lipinski definition) is 3. The van der Waals surface area contributed by atoms with E-state index in [1.54, 1.807) is 13.8 Å². The van der Waals surface area contributed by atoms with Gasteiger partial charge in [-0.15, -0.1) is 0 Å². The Morgan fingerprint density at radius 3 is 2.09 bits per heavy atom. The summed E-state index contributed by atoms with van der Waals surface area (Å²) in [5.41, 5.74) is 2.01. The van der Waals surface area contributed by atoms with E-state index in [1.165, 1.54) is 12.7 Å². The van der Waals surface area contributed by atoms with Gasteiger partial charge in [0.1, 0.15) is 6.04 Å². The molecule has 0 spiro atoms. The molecule has 0 saturated carbocycles. The van der Waals surface area contributed by atoms with Crippen LogP contribution in [-0.2, 0) is 32.0 Å². The number of carbonyl (C=O) groups is 3. The SMILES string of the molecule is COC(=O)[C@H](Cc1ccccc1)NC(=O)[C@H]([C@@H](O)C(C)C)N(N)C(=O)CCCCc1ccccc1. The van der Waals surface area contributed by atoms with Crippen molar-refractivity contribution in [2.24, 2.45) is 11.8 Å². The second-order valence-electron chi connectivity index (χ2n) is 8.95. The summed E-state index contributed by atoms with van der Waals surface area (Å²) < 4.78 is 4.86. The van der Waals surface area contributed by atoms with Crippen LogP contribution in [-0.4, -0.2) is 53.2 Å². The van der Waals surface area contributed by atoms with Crippen molar-refractivity contribution in [3.8, 4) is 0 Å². The average molecular weight is 484 g/mol. The number of amides is 2. The summed E-state index contributed by atoms with van der Waals surface area (Å²) in [6.45, 7) is 3.45. The quantitative estimate of drug-likeness (QED) is 0.132. The highest BCUT2D eigenvalue weighted by molar-refractivity contribution is 5.91. The molecule has 0 bridgehead atoms. The summed E-state index contributed by atoms with van der Waals surface area (Å²) in [7, 11) is 1.24. The first-order valence-corrected chi connectivity index (χ1v) is 12.0. The van der Waals surface area contributed by atoms with Crippen LogP contribution in [0.3, 0.4) is 0 Å². The normalized spacial score (nSPS) is 13.5. The van der Waals surface area contributed by atoms with Crippen molar-refractivity contribution < 1.29 is 24.2 Å². The zero-order valence-electron chi connectivity index (χ0n) is 20.7. The zero-order valence-corrected chi connectivity index (χ0v) is 20.7. The minimum absolute atomic E-state index is 0.141. The Labute approximate surface area is 207 Å². The van der Waals surface area contributed by atoms with Crippen molar-refractivity contribution in [1.29, 1.82) is 0 Å². The molecule has 2 amide bonds. The van der Waals surface area contributed by atoms with Gasteiger partial charge in [-0.2, -0.15) is 0 Å². The molecule has 0 radical (unpaired) electrons. The first-order chi connectivity index (χ1) is 16.7. The molecule has 0 aliphatic carbocycles. The number of benzene rings is 2. The molecule has 8 nitrogen and oxygen atoms in total. The van der Waals surface area contributed by atoms with Crippen LogP contribution >= 0.6 is 0 Å². The molecule has 4 N–H and O–H groups in total. The number of rotatable bonds is 13. The van der Waals surface area contributed by atoms with E-state index in [0.717, 1.165) is 23.4 Å². The summed E-state index contributed by atoms with van der Waals surface area (Å²) >= 11 is 0. The highest BCUT2D eigenvalue weighted by Crippen LogP contribution is 2.15. The van der Waals surface area contributed by atoms with E-state index < -0.39 is 36.0 Å². The van der Waals surface area contributed by atoms with Gasteiger partial charge >= 0.3 is 5.97 Å². The first kappa shape index (κ1) is 28.0. The third kappa shape index (κ3) is 8.81. The van der Waals surface area contributed by atoms with Gasteiger partial charge in [-0.3, -0.25) is 14.6 Å². The van der Waals surface area contributed by atoms with E-state index in [4.69, 9.17) is 10.6 Å². The number of aliphatic hydroxyl groups is 1. The summed E-state index contributed by atoms with van der Waals surface area (Å²) in [5, 5.41) is 14.2. The van der Waals surface area contributed by atoms with Gasteiger partial charge in [-0.05, 0) is 36.3 Å². The number of methoxy groups -OCH3 is 1. The monoisotopic (exact) mass is 483 g/mol. The average Bonchev–Trinajstić information content (AvgIpc) is 2.86. The highest BCUT2D eigenvalue weighted by atomic mass is 16.5. The van der Waals surface area contributed by atoms with Crippen LogP contribution < -0.4 is 11.2 Å². The van der Waals surface area contributed by atoms with Crippen LogP contribution in [0.25, 0.3) is 0 Å². The molecule has 2 rings (SSSR count). The molecule has 190 valence electrons. The topological polar surface area (TPSA) is 122 Å². The van der Waals surface area contributed by atoms with E-state index in [-0.39, 0.29) is 18.8 Å². The Kier molecular flexibility index (Phi) is 11.4. The van der Waals surface area contributed by atoms with Gasteiger partial charge in [-0.25, -0.2) is 10.6 Å². The molecule has 0 aromatic heterocycles. The number of aryl methyl sites for hydroxylation is 1. The molecule has 0 aliphatic rings. The number of nitrogens with two attached hydrogens (primary N) is 1. The molecule has 0 fully saturated rings. The number of unbranched alkanes of at least 4 members (excludes halogenated alkanes) is 1. The second kappa shape index (κ2) is 14.2. The Morgan fingerprint density at radius 2 is 1.54 bits per heavy atom. The van der Waals surface area contributed by atoms with Gasteiger partial charge in [0.05, 0.1) is 13.2 Å². The fourth-order valence-electron chi connectivity index (χ4n) is 3.79. The fourth-order valence-corrected chi connectivity index (χ4v) is 3.79. The standard InChI is InChI=1S/C27H37N3O5/c1-19(2)25(32)24(30(28)23(31)17-11-10-14-20-12-6-4-7-13-20)26(33)29-22(27(34)35-3)18-21-15-8-5-9-16-21/h4-9,12-13,15-16,19,22,24-25,32H,10-11,14,17-18,28H2,1-3H3,(H,29,33)/t22-,24-,25-/m0/s1. The van der Waals surface area contributed by atoms with Crippen LogP contribution in [0.5, 0.6) is 0 Å². The van der Waals surface area contributed by atoms with E-state index >= 15 is 0 Å². The molecular weight excluding hydrogens is 446 g/mol. The van der Waals surface area contributed by atoms with Crippen molar-refractivity contribution in [2.75, 3.05) is 7.11 Å². The number of hydrogen-bond acceptors (Lipinski definition) is 6. The number of esters is 1. The van der Waals surface area contributed by atoms with Gasteiger partial charge in [0.25, 0.3) is 0 Å². The summed E-state index contributed by atoms with van der Waals surface area (Å²) in [5.74, 6) is 3.94. The number of hydrazine groups is 1. The maximum atomic E-state index is 13.2. The predicted octanol–water partition coefficient (Wildman–Crippen LogP) is 2.39. The van der Waals surface area contributed by atoms with Gasteiger partial charge in [0.15, 0.2) is 6.04 Å². The molecule has 2 aromatic rings. The molecule has 8 heteroatoms. The Morgan fingerprint density at radius 1 is 0.971 bits per heavy atom. The predicted molar refractivity (Wildman–Crippen MR) is 134 cm³/mol. The van der Waals surface area contributed by atoms with Crippen molar-refractivity contribution in [3.63, 3.8) is 0 Å². The van der Waals surface area contributed by atoms with Gasteiger partial charge < -0.3 is 15.2 Å². The Hall–Kier alpha value is -3.23. The fraction of sp³-hybridized carbons (Fsp3) is 0.444. The number of carbonyl (C=O) groups excluding carboxylic acids is 3. The Bertz CT molecular complexity index is 936. The van der Waals surface area contributed by atoms with Crippen LogP contribution in [0.15, 0.2) is 60.7 Å². The lowest BCUT2D eigenvalue weighted by atomic mass is 9.97. The number of aliphatic hydroxyl groups excluding tert-OH is 1. The van der Waals surface area contributed by atoms with Crippen molar-refractivity contribution in [3.05, 3.63) is 71.8 Å². The number of nitrogens with zero attached hydrogens (tertiary/aromatic N) is 1. The Balaban J connectivity index is 2.06. The number of nitrogens with one attached hydrogen (secondary N) is 1. The third-order valence-corrected chi connectivity index (χ3v) is 5.90. The summed E-state index contributed by atoms with van der Waals surface area (Å²) in [6.07, 6.45) is 1.33. The third-order valence-electron chi connectivity index (χ3n) is 5.90. The van der Waals surface area contributed by atoms with Gasteiger partial charge in [0.2, 0.25) is 11.8 Å². The van der Waals surface area contributed by atoms with Crippen LogP contribution in [0.2, 0.25) is 0 Å². The molecule has 35 heavy (non-hydrogen) atoms. The van der Waals surface area contributed by atoms with E-state index in [9.17, 15) is 19.5 Å². The molecular formula is C27H37N3O5. The van der Waals surface area contributed by atoms with Gasteiger partial charge in [0, 0.05) is 12.8 Å². The maximum absolute atomic E-state index is 13.2. The number of ether oxygens (including phenoxy) is 1. The minimum atomic E-state index is -1.35. The van der Waals surface area contributed by atoms with Crippen LogP contribution in [0, 0.1) is 5.92 Å². The first-order valence-electron chi connectivity index (χ1n) is 12.0. The lowest BCUT2D eigenvalue weighted by Gasteiger charge is -2.33. The highest BCUT2D eigenvalue weighted by Gasteiger charge is 2.37. The largest absolute Gasteiger partial charge is 0.467 e. The van der Waals surface area contributed by atoms with Crippen molar-refractivity contribution >= 4 is 17.8 Å².